The number of carbonyl (C=O) groups is 1. The second kappa shape index (κ2) is 6.35. The van der Waals surface area contributed by atoms with Crippen LogP contribution in [-0.4, -0.2) is 12.9 Å². The fraction of sp³-hybridized carbons (Fsp3) is 0.0588. The van der Waals surface area contributed by atoms with Crippen molar-refractivity contribution in [3.05, 3.63) is 71.3 Å². The van der Waals surface area contributed by atoms with Crippen molar-refractivity contribution < 1.29 is 9.53 Å². The number of ether oxygens (including phenoxy) is 1. The first kappa shape index (κ1) is 13.6. The van der Waals surface area contributed by atoms with Crippen LogP contribution in [0.1, 0.15) is 15.9 Å². The van der Waals surface area contributed by atoms with Crippen molar-refractivity contribution in [2.24, 2.45) is 0 Å². The first-order chi connectivity index (χ1) is 9.74. The molecule has 0 unspecified atom stereocenters. The molecule has 0 aliphatic rings. The van der Waals surface area contributed by atoms with E-state index < -0.39 is 0 Å². The smallest absolute Gasteiger partial charge is 0.203 e. The third-order valence-corrected chi connectivity index (χ3v) is 2.83. The second-order valence-corrected chi connectivity index (χ2v) is 4.14. The van der Waals surface area contributed by atoms with Crippen LogP contribution in [-0.2, 0) is 0 Å². The summed E-state index contributed by atoms with van der Waals surface area (Å²) < 4.78 is 5.06. The van der Waals surface area contributed by atoms with Gasteiger partial charge in [0.2, 0.25) is 5.78 Å². The highest BCUT2D eigenvalue weighted by molar-refractivity contribution is 6.13. The molecule has 0 amide bonds. The molecular weight excluding hydrogens is 250 g/mol. The molecule has 0 fully saturated rings. The van der Waals surface area contributed by atoms with Gasteiger partial charge >= 0.3 is 0 Å². The van der Waals surface area contributed by atoms with E-state index in [-0.39, 0.29) is 11.4 Å². The van der Waals surface area contributed by atoms with E-state index in [1.165, 1.54) is 0 Å². The molecule has 0 spiro atoms. The van der Waals surface area contributed by atoms with E-state index in [2.05, 4.69) is 0 Å². The van der Waals surface area contributed by atoms with Crippen LogP contribution in [0, 0.1) is 11.3 Å². The third kappa shape index (κ3) is 3.12. The lowest BCUT2D eigenvalue weighted by molar-refractivity contribution is 0.104. The Hall–Kier alpha value is -2.86. The highest BCUT2D eigenvalue weighted by atomic mass is 16.5. The largest absolute Gasteiger partial charge is 0.497 e. The van der Waals surface area contributed by atoms with E-state index in [9.17, 15) is 4.79 Å². The molecule has 0 N–H and O–H groups in total. The number of carbonyl (C=O) groups excluding carboxylic acids is 1. The normalized spacial score (nSPS) is 10.7. The minimum Gasteiger partial charge on any atom is -0.497 e. The minimum absolute atomic E-state index is 0.112. The predicted molar refractivity (Wildman–Crippen MR) is 77.4 cm³/mol. The zero-order chi connectivity index (χ0) is 14.4. The molecule has 2 rings (SSSR count). The van der Waals surface area contributed by atoms with Crippen molar-refractivity contribution in [1.82, 2.24) is 0 Å². The molecule has 0 bridgehead atoms. The van der Waals surface area contributed by atoms with Gasteiger partial charge in [-0.3, -0.25) is 4.79 Å². The van der Waals surface area contributed by atoms with Crippen molar-refractivity contribution in [2.45, 2.75) is 0 Å². The standard InChI is InChI=1S/C17H13NO2/c1-20-16-9-7-13(8-10-16)11-15(12-18)17(19)14-5-3-2-4-6-14/h2-11H,1H3. The summed E-state index contributed by atoms with van der Waals surface area (Å²) in [5, 5.41) is 9.16. The van der Waals surface area contributed by atoms with Gasteiger partial charge in [0.05, 0.1) is 7.11 Å². The Bertz CT molecular complexity index is 664. The summed E-state index contributed by atoms with van der Waals surface area (Å²) in [6.45, 7) is 0. The van der Waals surface area contributed by atoms with Crippen LogP contribution in [0.15, 0.2) is 60.2 Å². The molecule has 98 valence electrons. The second-order valence-electron chi connectivity index (χ2n) is 4.14. The molecule has 2 aromatic carbocycles. The van der Waals surface area contributed by atoms with Crippen molar-refractivity contribution >= 4 is 11.9 Å². The van der Waals surface area contributed by atoms with Crippen LogP contribution in [0.25, 0.3) is 6.08 Å². The van der Waals surface area contributed by atoms with Crippen molar-refractivity contribution in [2.75, 3.05) is 7.11 Å². The zero-order valence-corrected chi connectivity index (χ0v) is 11.0. The number of nitriles is 1. The van der Waals surface area contributed by atoms with Crippen molar-refractivity contribution in [3.8, 4) is 11.8 Å². The molecule has 0 aliphatic carbocycles. The van der Waals surface area contributed by atoms with E-state index >= 15 is 0 Å². The van der Waals surface area contributed by atoms with Gasteiger partial charge in [-0.25, -0.2) is 0 Å². The average Bonchev–Trinajstić information content (AvgIpc) is 2.53. The number of ketones is 1. The molecule has 20 heavy (non-hydrogen) atoms. The highest BCUT2D eigenvalue weighted by Gasteiger charge is 2.11. The molecule has 0 atom stereocenters. The first-order valence-corrected chi connectivity index (χ1v) is 6.10. The third-order valence-electron chi connectivity index (χ3n) is 2.83. The van der Waals surface area contributed by atoms with E-state index in [1.54, 1.807) is 61.7 Å². The summed E-state index contributed by atoms with van der Waals surface area (Å²) in [6.07, 6.45) is 1.58. The summed E-state index contributed by atoms with van der Waals surface area (Å²) in [6, 6.07) is 17.9. The van der Waals surface area contributed by atoms with Gasteiger partial charge in [0.1, 0.15) is 17.4 Å². The maximum Gasteiger partial charge on any atom is 0.203 e. The van der Waals surface area contributed by atoms with E-state index in [1.807, 2.05) is 12.1 Å². The SMILES string of the molecule is COc1ccc(C=C(C#N)C(=O)c2ccccc2)cc1. The van der Waals surface area contributed by atoms with Crippen LogP contribution < -0.4 is 4.74 Å². The molecular formula is C17H13NO2. The number of benzene rings is 2. The van der Waals surface area contributed by atoms with Gasteiger partial charge in [-0.15, -0.1) is 0 Å². The molecule has 3 heteroatoms. The van der Waals surface area contributed by atoms with E-state index in [4.69, 9.17) is 10.00 Å². The van der Waals surface area contributed by atoms with Crippen LogP contribution in [0.3, 0.4) is 0 Å². The van der Waals surface area contributed by atoms with Gasteiger partial charge < -0.3 is 4.74 Å². The number of nitrogens with zero attached hydrogens (tertiary/aromatic N) is 1. The fourth-order valence-electron chi connectivity index (χ4n) is 1.76. The van der Waals surface area contributed by atoms with Gasteiger partial charge in [0.15, 0.2) is 0 Å². The number of rotatable bonds is 4. The van der Waals surface area contributed by atoms with Gasteiger partial charge in [0, 0.05) is 5.56 Å². The van der Waals surface area contributed by atoms with Crippen molar-refractivity contribution in [1.29, 1.82) is 5.26 Å². The lowest BCUT2D eigenvalue weighted by Gasteiger charge is -2.01. The number of methoxy groups -OCH3 is 1. The zero-order valence-electron chi connectivity index (χ0n) is 11.0. The Morgan fingerprint density at radius 1 is 1.10 bits per heavy atom. The topological polar surface area (TPSA) is 50.1 Å². The summed E-state index contributed by atoms with van der Waals surface area (Å²) in [7, 11) is 1.59. The Kier molecular flexibility index (Phi) is 4.31. The molecule has 3 nitrogen and oxygen atoms in total. The summed E-state index contributed by atoms with van der Waals surface area (Å²) in [4.78, 5) is 12.2. The van der Waals surface area contributed by atoms with E-state index in [0.29, 0.717) is 5.56 Å². The van der Waals surface area contributed by atoms with Crippen LogP contribution >= 0.6 is 0 Å². The van der Waals surface area contributed by atoms with Gasteiger partial charge in [-0.05, 0) is 23.8 Å². The summed E-state index contributed by atoms with van der Waals surface area (Å²) in [5.74, 6) is 0.457. The molecule has 0 aromatic heterocycles. The quantitative estimate of drug-likeness (QED) is 0.482. The lowest BCUT2D eigenvalue weighted by atomic mass is 10.0. The van der Waals surface area contributed by atoms with Gasteiger partial charge in [-0.1, -0.05) is 42.5 Å². The maximum atomic E-state index is 12.2. The average molecular weight is 263 g/mol. The Morgan fingerprint density at radius 3 is 2.30 bits per heavy atom. The predicted octanol–water partition coefficient (Wildman–Crippen LogP) is 3.49. The number of allylic oxidation sites excluding steroid dienone is 1. The minimum atomic E-state index is -0.274. The van der Waals surface area contributed by atoms with E-state index in [0.717, 1.165) is 11.3 Å². The number of Topliss-reactive ketones (excluding diaryl/α,β-unsaturated/α-hetero) is 1. The molecule has 2 aromatic rings. The monoisotopic (exact) mass is 263 g/mol. The number of hydrogen-bond donors (Lipinski definition) is 0. The first-order valence-electron chi connectivity index (χ1n) is 6.10. The van der Waals surface area contributed by atoms with Crippen LogP contribution in [0.5, 0.6) is 5.75 Å². The summed E-state index contributed by atoms with van der Waals surface area (Å²) in [5.41, 5.74) is 1.40. The Labute approximate surface area is 117 Å². The fourth-order valence-corrected chi connectivity index (χ4v) is 1.76. The molecule has 0 saturated heterocycles. The van der Waals surface area contributed by atoms with Crippen LogP contribution in [0.4, 0.5) is 0 Å². The maximum absolute atomic E-state index is 12.2. The molecule has 0 heterocycles. The lowest BCUT2D eigenvalue weighted by Crippen LogP contribution is -2.01. The Morgan fingerprint density at radius 2 is 1.75 bits per heavy atom. The van der Waals surface area contributed by atoms with Crippen LogP contribution in [0.2, 0.25) is 0 Å². The Balaban J connectivity index is 2.30. The number of hydrogen-bond acceptors (Lipinski definition) is 3. The summed E-state index contributed by atoms with van der Waals surface area (Å²) >= 11 is 0. The van der Waals surface area contributed by atoms with Gasteiger partial charge in [-0.2, -0.15) is 5.26 Å². The highest BCUT2D eigenvalue weighted by Crippen LogP contribution is 2.16. The molecule has 0 radical (unpaired) electrons. The van der Waals surface area contributed by atoms with Crippen molar-refractivity contribution in [3.63, 3.8) is 0 Å². The van der Waals surface area contributed by atoms with Gasteiger partial charge in [0.25, 0.3) is 0 Å². The molecule has 0 aliphatic heterocycles. The molecule has 0 saturated carbocycles.